The zero-order chi connectivity index (χ0) is 19.8. The van der Waals surface area contributed by atoms with E-state index in [0.717, 1.165) is 5.69 Å². The summed E-state index contributed by atoms with van der Waals surface area (Å²) in [5, 5.41) is 24.6. The highest BCUT2D eigenvalue weighted by Crippen LogP contribution is 2.35. The van der Waals surface area contributed by atoms with Gasteiger partial charge >= 0.3 is 5.97 Å². The Bertz CT molecular complexity index is 862. The molecule has 0 spiro atoms. The van der Waals surface area contributed by atoms with Crippen LogP contribution in [0.15, 0.2) is 30.3 Å². The number of rotatable bonds is 4. The lowest BCUT2D eigenvalue weighted by molar-refractivity contribution is -0.161. The van der Waals surface area contributed by atoms with E-state index in [0.29, 0.717) is 5.56 Å². The molecule has 0 aliphatic carbocycles. The van der Waals surface area contributed by atoms with Gasteiger partial charge in [-0.15, -0.1) is 0 Å². The second-order valence-corrected chi connectivity index (χ2v) is 7.09. The van der Waals surface area contributed by atoms with Gasteiger partial charge in [-0.05, 0) is 43.5 Å². The number of aliphatic hydroxyl groups excluding tert-OH is 1. The van der Waals surface area contributed by atoms with Crippen molar-refractivity contribution in [2.45, 2.75) is 25.9 Å². The van der Waals surface area contributed by atoms with Crippen molar-refractivity contribution in [3.63, 3.8) is 0 Å². The molecule has 0 saturated carbocycles. The summed E-state index contributed by atoms with van der Waals surface area (Å²) >= 11 is 0. The molecule has 144 valence electrons. The van der Waals surface area contributed by atoms with E-state index in [2.05, 4.69) is 5.10 Å². The number of likely N-dealkylation sites (tertiary alicyclic amines) is 1. The van der Waals surface area contributed by atoms with E-state index in [-0.39, 0.29) is 37.5 Å². The number of amides is 1. The van der Waals surface area contributed by atoms with Crippen LogP contribution in [-0.2, 0) is 18.3 Å². The fourth-order valence-electron chi connectivity index (χ4n) is 3.55. The SMILES string of the molecule is Cc1cc(C(=O)N2CC[C@H](O)[C@](Cc3cccc(F)c3)(C(=O)O)C2)nn1C. The molecule has 0 unspecified atom stereocenters. The van der Waals surface area contributed by atoms with E-state index in [1.165, 1.54) is 23.1 Å². The summed E-state index contributed by atoms with van der Waals surface area (Å²) in [6.45, 7) is 1.87. The molecule has 1 aliphatic heterocycles. The molecule has 1 aromatic carbocycles. The number of nitrogens with zero attached hydrogens (tertiary/aromatic N) is 3. The number of carbonyl (C=O) groups excluding carboxylic acids is 1. The molecule has 8 heteroatoms. The number of aryl methyl sites for hydroxylation is 2. The second kappa shape index (κ2) is 7.11. The van der Waals surface area contributed by atoms with Gasteiger partial charge in [0.05, 0.1) is 6.10 Å². The van der Waals surface area contributed by atoms with Gasteiger partial charge in [0.2, 0.25) is 0 Å². The van der Waals surface area contributed by atoms with Crippen LogP contribution < -0.4 is 0 Å². The largest absolute Gasteiger partial charge is 0.481 e. The number of hydrogen-bond donors (Lipinski definition) is 2. The Balaban J connectivity index is 1.90. The number of carboxylic acids is 1. The first-order chi connectivity index (χ1) is 12.7. The van der Waals surface area contributed by atoms with E-state index in [9.17, 15) is 24.2 Å². The molecule has 2 atom stereocenters. The predicted octanol–water partition coefficient (Wildman–Crippen LogP) is 1.39. The summed E-state index contributed by atoms with van der Waals surface area (Å²) in [7, 11) is 1.72. The second-order valence-electron chi connectivity index (χ2n) is 7.09. The van der Waals surface area contributed by atoms with E-state index in [4.69, 9.17) is 0 Å². The number of aliphatic carboxylic acids is 1. The maximum atomic E-state index is 13.5. The highest BCUT2D eigenvalue weighted by Gasteiger charge is 2.50. The topological polar surface area (TPSA) is 95.7 Å². The lowest BCUT2D eigenvalue weighted by atomic mass is 9.72. The summed E-state index contributed by atoms with van der Waals surface area (Å²) in [4.78, 5) is 26.3. The lowest BCUT2D eigenvalue weighted by Gasteiger charge is -2.43. The van der Waals surface area contributed by atoms with Crippen molar-refractivity contribution in [1.29, 1.82) is 0 Å². The molecule has 27 heavy (non-hydrogen) atoms. The Morgan fingerprint density at radius 1 is 1.37 bits per heavy atom. The Labute approximate surface area is 156 Å². The molecule has 3 rings (SSSR count). The van der Waals surface area contributed by atoms with Gasteiger partial charge in [-0.2, -0.15) is 5.10 Å². The fraction of sp³-hybridized carbons (Fsp3) is 0.421. The number of piperidine rings is 1. The zero-order valence-electron chi connectivity index (χ0n) is 15.2. The fourth-order valence-corrected chi connectivity index (χ4v) is 3.55. The molecule has 1 fully saturated rings. The zero-order valence-corrected chi connectivity index (χ0v) is 15.2. The number of aromatic nitrogens is 2. The molecule has 2 N–H and O–H groups in total. The highest BCUT2D eigenvalue weighted by molar-refractivity contribution is 5.93. The van der Waals surface area contributed by atoms with Crippen LogP contribution >= 0.6 is 0 Å². The molecule has 1 saturated heterocycles. The molecule has 1 aromatic heterocycles. The molecule has 0 bridgehead atoms. The summed E-state index contributed by atoms with van der Waals surface area (Å²) in [5.74, 6) is -2.07. The van der Waals surface area contributed by atoms with Gasteiger partial charge < -0.3 is 15.1 Å². The Morgan fingerprint density at radius 2 is 2.11 bits per heavy atom. The minimum Gasteiger partial charge on any atom is -0.481 e. The van der Waals surface area contributed by atoms with Gasteiger partial charge in [-0.3, -0.25) is 14.3 Å². The van der Waals surface area contributed by atoms with Gasteiger partial charge in [0, 0.05) is 25.8 Å². The van der Waals surface area contributed by atoms with Crippen LogP contribution in [-0.4, -0.2) is 56.0 Å². The standard InChI is InChI=1S/C19H22FN3O4/c1-12-8-15(21-22(12)2)17(25)23-7-6-16(24)19(11-23,18(26)27)10-13-4-3-5-14(20)9-13/h3-5,8-9,16,24H,6-7,10-11H2,1-2H3,(H,26,27)/t16-,19+/m0/s1. The van der Waals surface area contributed by atoms with Crippen molar-refractivity contribution in [3.8, 4) is 0 Å². The summed E-state index contributed by atoms with van der Waals surface area (Å²) < 4.78 is 15.1. The van der Waals surface area contributed by atoms with Crippen LogP contribution in [0.1, 0.15) is 28.2 Å². The molecule has 7 nitrogen and oxygen atoms in total. The maximum absolute atomic E-state index is 13.5. The Morgan fingerprint density at radius 3 is 2.70 bits per heavy atom. The predicted molar refractivity (Wildman–Crippen MR) is 94.6 cm³/mol. The minimum atomic E-state index is -1.61. The molecular formula is C19H22FN3O4. The lowest BCUT2D eigenvalue weighted by Crippen LogP contribution is -2.58. The van der Waals surface area contributed by atoms with Crippen molar-refractivity contribution in [2.75, 3.05) is 13.1 Å². The van der Waals surface area contributed by atoms with Crippen molar-refractivity contribution < 1.29 is 24.2 Å². The Kier molecular flexibility index (Phi) is 5.01. The van der Waals surface area contributed by atoms with Crippen molar-refractivity contribution in [3.05, 3.63) is 53.1 Å². The molecular weight excluding hydrogens is 353 g/mol. The number of carboxylic acid groups (broad SMARTS) is 1. The molecule has 1 amide bonds. The van der Waals surface area contributed by atoms with E-state index in [1.807, 2.05) is 6.92 Å². The third-order valence-corrected chi connectivity index (χ3v) is 5.24. The van der Waals surface area contributed by atoms with E-state index >= 15 is 0 Å². The first kappa shape index (κ1) is 19.0. The van der Waals surface area contributed by atoms with Crippen LogP contribution in [0.4, 0.5) is 4.39 Å². The van der Waals surface area contributed by atoms with Gasteiger partial charge in [0.15, 0.2) is 5.69 Å². The summed E-state index contributed by atoms with van der Waals surface area (Å²) in [6, 6.07) is 7.27. The van der Waals surface area contributed by atoms with Gasteiger partial charge in [-0.25, -0.2) is 4.39 Å². The van der Waals surface area contributed by atoms with Gasteiger partial charge in [0.25, 0.3) is 5.91 Å². The van der Waals surface area contributed by atoms with Crippen molar-refractivity contribution >= 4 is 11.9 Å². The number of halogens is 1. The third kappa shape index (κ3) is 3.57. The number of aliphatic hydroxyl groups is 1. The molecule has 1 aliphatic rings. The Hall–Kier alpha value is -2.74. The van der Waals surface area contributed by atoms with E-state index < -0.39 is 23.3 Å². The molecule has 2 heterocycles. The summed E-state index contributed by atoms with van der Waals surface area (Å²) in [5.41, 5.74) is -0.110. The highest BCUT2D eigenvalue weighted by atomic mass is 19.1. The van der Waals surface area contributed by atoms with E-state index in [1.54, 1.807) is 23.9 Å². The maximum Gasteiger partial charge on any atom is 0.314 e. The molecule has 0 radical (unpaired) electrons. The summed E-state index contributed by atoms with van der Waals surface area (Å²) in [6.07, 6.45) is -1.10. The van der Waals surface area contributed by atoms with Crippen LogP contribution in [0.25, 0.3) is 0 Å². The van der Waals surface area contributed by atoms with Gasteiger partial charge in [-0.1, -0.05) is 12.1 Å². The van der Waals surface area contributed by atoms with Crippen molar-refractivity contribution in [2.24, 2.45) is 12.5 Å². The van der Waals surface area contributed by atoms with Crippen LogP contribution in [0.5, 0.6) is 0 Å². The average Bonchev–Trinajstić information content (AvgIpc) is 2.95. The first-order valence-electron chi connectivity index (χ1n) is 8.69. The third-order valence-electron chi connectivity index (χ3n) is 5.24. The average molecular weight is 375 g/mol. The smallest absolute Gasteiger partial charge is 0.314 e. The van der Waals surface area contributed by atoms with Gasteiger partial charge in [0.1, 0.15) is 11.2 Å². The monoisotopic (exact) mass is 375 g/mol. The van der Waals surface area contributed by atoms with Crippen LogP contribution in [0.3, 0.4) is 0 Å². The van der Waals surface area contributed by atoms with Crippen LogP contribution in [0, 0.1) is 18.2 Å². The minimum absolute atomic E-state index is 0.0771. The first-order valence-corrected chi connectivity index (χ1v) is 8.69. The molecule has 2 aromatic rings. The number of benzene rings is 1. The normalized spacial score (nSPS) is 22.7. The van der Waals surface area contributed by atoms with Crippen molar-refractivity contribution in [1.82, 2.24) is 14.7 Å². The number of carbonyl (C=O) groups is 2. The van der Waals surface area contributed by atoms with Crippen LogP contribution in [0.2, 0.25) is 0 Å². The quantitative estimate of drug-likeness (QED) is 0.842. The number of hydrogen-bond acceptors (Lipinski definition) is 4.